The van der Waals surface area contributed by atoms with Gasteiger partial charge in [-0.15, -0.1) is 0 Å². The summed E-state index contributed by atoms with van der Waals surface area (Å²) in [6.07, 6.45) is 0.287. The van der Waals surface area contributed by atoms with Crippen molar-refractivity contribution in [3.05, 3.63) is 0 Å². The molecule has 0 aliphatic carbocycles. The molecule has 9 heavy (non-hydrogen) atoms. The summed E-state index contributed by atoms with van der Waals surface area (Å²) in [4.78, 5) is 0. The molecular weight excluding hydrogens is 130 g/mol. The highest BCUT2D eigenvalue weighted by Gasteiger charge is 2.23. The van der Waals surface area contributed by atoms with Gasteiger partial charge in [0, 0.05) is 0 Å². The molecule has 0 aliphatic rings. The Balaban J connectivity index is 3.76. The van der Waals surface area contributed by atoms with Crippen molar-refractivity contribution in [1.82, 2.24) is 0 Å². The SMILES string of the molecule is C[Si](C)(C)C(O)CC#N. The highest BCUT2D eigenvalue weighted by atomic mass is 28.3. The van der Waals surface area contributed by atoms with Gasteiger partial charge < -0.3 is 5.11 Å². The zero-order valence-corrected chi connectivity index (χ0v) is 7.18. The van der Waals surface area contributed by atoms with Crippen molar-refractivity contribution in [3.8, 4) is 6.07 Å². The molecule has 0 radical (unpaired) electrons. The normalized spacial score (nSPS) is 14.6. The first kappa shape index (κ1) is 8.67. The standard InChI is InChI=1S/C6H13NOSi/c1-9(2,3)6(8)4-5-7/h6,8H,4H2,1-3H3. The van der Waals surface area contributed by atoms with Gasteiger partial charge in [0.1, 0.15) is 0 Å². The molecule has 3 heteroatoms. The lowest BCUT2D eigenvalue weighted by atomic mass is 10.5. The van der Waals surface area contributed by atoms with Gasteiger partial charge in [-0.25, -0.2) is 0 Å². The zero-order chi connectivity index (χ0) is 7.49. The second-order valence-electron chi connectivity index (χ2n) is 3.24. The van der Waals surface area contributed by atoms with Gasteiger partial charge in [-0.3, -0.25) is 0 Å². The van der Waals surface area contributed by atoms with Crippen LogP contribution in [0.4, 0.5) is 0 Å². The Bertz CT molecular complexity index is 122. The summed E-state index contributed by atoms with van der Waals surface area (Å²) in [6, 6.07) is 1.96. The molecule has 1 atom stereocenters. The van der Waals surface area contributed by atoms with Crippen LogP contribution in [-0.2, 0) is 0 Å². The highest BCUT2D eigenvalue weighted by molar-refractivity contribution is 6.77. The van der Waals surface area contributed by atoms with E-state index in [4.69, 9.17) is 5.26 Å². The van der Waals surface area contributed by atoms with Gasteiger partial charge in [-0.1, -0.05) is 19.6 Å². The van der Waals surface area contributed by atoms with Crippen molar-refractivity contribution >= 4 is 8.07 Å². The number of aliphatic hydroxyl groups excluding tert-OH is 1. The molecule has 0 saturated carbocycles. The largest absolute Gasteiger partial charge is 0.395 e. The molecular formula is C6H13NOSi. The van der Waals surface area contributed by atoms with E-state index in [1.165, 1.54) is 0 Å². The maximum absolute atomic E-state index is 9.22. The maximum atomic E-state index is 9.22. The third-order valence-corrected chi connectivity index (χ3v) is 3.49. The molecule has 0 fully saturated rings. The molecule has 0 amide bonds. The molecule has 0 saturated heterocycles. The predicted octanol–water partition coefficient (Wildman–Crippen LogP) is 1.14. The number of hydrogen-bond donors (Lipinski definition) is 1. The van der Waals surface area contributed by atoms with Gasteiger partial charge in [0.15, 0.2) is 0 Å². The third kappa shape index (κ3) is 3.28. The van der Waals surface area contributed by atoms with Gasteiger partial charge in [-0.2, -0.15) is 5.26 Å². The summed E-state index contributed by atoms with van der Waals surface area (Å²) < 4.78 is 0. The van der Waals surface area contributed by atoms with Crippen LogP contribution in [0.15, 0.2) is 0 Å². The third-order valence-electron chi connectivity index (χ3n) is 1.28. The van der Waals surface area contributed by atoms with Crippen LogP contribution in [-0.4, -0.2) is 18.9 Å². The van der Waals surface area contributed by atoms with Crippen LogP contribution in [0.5, 0.6) is 0 Å². The maximum Gasteiger partial charge on any atom is 0.0795 e. The van der Waals surface area contributed by atoms with E-state index < -0.39 is 8.07 Å². The summed E-state index contributed by atoms with van der Waals surface area (Å²) in [5.74, 6) is 0. The van der Waals surface area contributed by atoms with Crippen molar-refractivity contribution in [1.29, 1.82) is 5.26 Å². The van der Waals surface area contributed by atoms with E-state index in [9.17, 15) is 5.11 Å². The fourth-order valence-corrected chi connectivity index (χ4v) is 1.10. The highest BCUT2D eigenvalue weighted by Crippen LogP contribution is 2.09. The van der Waals surface area contributed by atoms with Gasteiger partial charge >= 0.3 is 0 Å². The Morgan fingerprint density at radius 3 is 2.11 bits per heavy atom. The molecule has 1 unspecified atom stereocenters. The van der Waals surface area contributed by atoms with E-state index in [1.54, 1.807) is 0 Å². The number of nitriles is 1. The van der Waals surface area contributed by atoms with E-state index in [0.29, 0.717) is 0 Å². The van der Waals surface area contributed by atoms with Crippen LogP contribution in [0.2, 0.25) is 19.6 Å². The van der Waals surface area contributed by atoms with Crippen LogP contribution in [0.1, 0.15) is 6.42 Å². The molecule has 52 valence electrons. The lowest BCUT2D eigenvalue weighted by Gasteiger charge is -2.20. The molecule has 0 aromatic carbocycles. The minimum atomic E-state index is -1.45. The summed E-state index contributed by atoms with van der Waals surface area (Å²) in [5.41, 5.74) is -0.359. The summed E-state index contributed by atoms with van der Waals surface area (Å²) in [6.45, 7) is 6.15. The summed E-state index contributed by atoms with van der Waals surface area (Å²) >= 11 is 0. The lowest BCUT2D eigenvalue weighted by molar-refractivity contribution is 0.249. The molecule has 0 aromatic heterocycles. The predicted molar refractivity (Wildman–Crippen MR) is 39.6 cm³/mol. The van der Waals surface area contributed by atoms with Crippen molar-refractivity contribution in [2.75, 3.05) is 0 Å². The second kappa shape index (κ2) is 2.99. The fraction of sp³-hybridized carbons (Fsp3) is 0.833. The Labute approximate surface area is 57.1 Å². The average molecular weight is 143 g/mol. The Hall–Kier alpha value is -0.333. The second-order valence-corrected chi connectivity index (χ2v) is 8.64. The average Bonchev–Trinajstić information content (AvgIpc) is 1.64. The molecule has 0 rings (SSSR count). The number of nitrogens with zero attached hydrogens (tertiary/aromatic N) is 1. The molecule has 0 aromatic rings. The van der Waals surface area contributed by atoms with Crippen LogP contribution < -0.4 is 0 Å². The molecule has 1 N–H and O–H groups in total. The summed E-state index contributed by atoms with van der Waals surface area (Å²) in [7, 11) is -1.45. The van der Waals surface area contributed by atoms with E-state index in [1.807, 2.05) is 6.07 Å². The number of aliphatic hydroxyl groups is 1. The quantitative estimate of drug-likeness (QED) is 0.589. The van der Waals surface area contributed by atoms with Gasteiger partial charge in [-0.05, 0) is 0 Å². The van der Waals surface area contributed by atoms with Crippen LogP contribution >= 0.6 is 0 Å². The smallest absolute Gasteiger partial charge is 0.0795 e. The molecule has 0 bridgehead atoms. The Morgan fingerprint density at radius 1 is 1.56 bits per heavy atom. The minimum absolute atomic E-state index is 0.287. The van der Waals surface area contributed by atoms with Gasteiger partial charge in [0.05, 0.1) is 26.3 Å². The summed E-state index contributed by atoms with van der Waals surface area (Å²) in [5, 5.41) is 17.4. The van der Waals surface area contributed by atoms with Crippen molar-refractivity contribution in [2.45, 2.75) is 31.8 Å². The van der Waals surface area contributed by atoms with Crippen LogP contribution in [0.25, 0.3) is 0 Å². The van der Waals surface area contributed by atoms with Gasteiger partial charge in [0.2, 0.25) is 0 Å². The van der Waals surface area contributed by atoms with E-state index in [-0.39, 0.29) is 12.1 Å². The van der Waals surface area contributed by atoms with Crippen LogP contribution in [0, 0.1) is 11.3 Å². The molecule has 0 aliphatic heterocycles. The van der Waals surface area contributed by atoms with E-state index in [0.717, 1.165) is 0 Å². The van der Waals surface area contributed by atoms with Crippen molar-refractivity contribution in [3.63, 3.8) is 0 Å². The van der Waals surface area contributed by atoms with Crippen molar-refractivity contribution in [2.24, 2.45) is 0 Å². The number of rotatable bonds is 2. The Morgan fingerprint density at radius 2 is 2.00 bits per heavy atom. The van der Waals surface area contributed by atoms with Gasteiger partial charge in [0.25, 0.3) is 0 Å². The molecule has 0 spiro atoms. The first-order valence-electron chi connectivity index (χ1n) is 3.03. The zero-order valence-electron chi connectivity index (χ0n) is 6.18. The van der Waals surface area contributed by atoms with E-state index in [2.05, 4.69) is 19.6 Å². The first-order valence-corrected chi connectivity index (χ1v) is 6.61. The lowest BCUT2D eigenvalue weighted by Crippen LogP contribution is -2.37. The number of hydrogen-bond acceptors (Lipinski definition) is 2. The first-order chi connectivity index (χ1) is 3.98. The topological polar surface area (TPSA) is 44.0 Å². The monoisotopic (exact) mass is 143 g/mol. The molecule has 0 heterocycles. The minimum Gasteiger partial charge on any atom is -0.395 e. The fourth-order valence-electron chi connectivity index (χ4n) is 0.393. The Kier molecular flexibility index (Phi) is 2.88. The van der Waals surface area contributed by atoms with Crippen LogP contribution in [0.3, 0.4) is 0 Å². The van der Waals surface area contributed by atoms with E-state index >= 15 is 0 Å². The molecule has 2 nitrogen and oxygen atoms in total. The van der Waals surface area contributed by atoms with Crippen molar-refractivity contribution < 1.29 is 5.11 Å².